The molecular weight excluding hydrogens is 686 g/mol. The Balaban J connectivity index is 2.09. The monoisotopic (exact) mass is 734 g/mol. The number of pyridine rings is 1. The Kier molecular flexibility index (Phi) is 13.3. The Hall–Kier alpha value is -1.18. The molecule has 1 N–H and O–H groups in total. The summed E-state index contributed by atoms with van der Waals surface area (Å²) in [6.07, 6.45) is -2.55. The number of nitrogens with zero attached hydrogens (tertiary/aromatic N) is 1. The van der Waals surface area contributed by atoms with Crippen LogP contribution in [-0.4, -0.2) is 89.4 Å². The summed E-state index contributed by atoms with van der Waals surface area (Å²) in [5, 5.41) is 1.78. The van der Waals surface area contributed by atoms with Gasteiger partial charge in [0.2, 0.25) is 0 Å². The molecule has 258 valence electrons. The SMILES string of the molecule is CSC1O[C@H]([C@H](NC(=O)C(F)(F)F)[C@H](C)Sc2ccc(-c3cccnc3)cc2)C(O[Si](C)(C)C)[C@@H](O[Si](C)(C)C)[C@H]1O[Si](C)(C)C. The highest BCUT2D eigenvalue weighted by molar-refractivity contribution is 8.00. The van der Waals surface area contributed by atoms with Crippen molar-refractivity contribution in [3.8, 4) is 11.1 Å². The average Bonchev–Trinajstić information content (AvgIpc) is 2.92. The van der Waals surface area contributed by atoms with Crippen molar-refractivity contribution in [2.24, 2.45) is 0 Å². The van der Waals surface area contributed by atoms with E-state index in [1.807, 2.05) is 69.2 Å². The smallest absolute Gasteiger partial charge is 0.409 e. The molecule has 15 heteroatoms. The second-order valence-corrected chi connectivity index (χ2v) is 30.1. The van der Waals surface area contributed by atoms with Crippen LogP contribution in [0.1, 0.15) is 6.92 Å². The number of nitrogens with one attached hydrogen (secondary N) is 1. The summed E-state index contributed by atoms with van der Waals surface area (Å²) in [4.78, 5) is 17.6. The summed E-state index contributed by atoms with van der Waals surface area (Å²) < 4.78 is 68.4. The van der Waals surface area contributed by atoms with Crippen molar-refractivity contribution in [2.45, 2.75) is 118 Å². The highest BCUT2D eigenvalue weighted by Crippen LogP contribution is 2.40. The van der Waals surface area contributed by atoms with Gasteiger partial charge in [-0.3, -0.25) is 9.78 Å². The van der Waals surface area contributed by atoms with E-state index in [0.29, 0.717) is 0 Å². The second kappa shape index (κ2) is 15.6. The van der Waals surface area contributed by atoms with E-state index in [2.05, 4.69) is 49.6 Å². The van der Waals surface area contributed by atoms with Gasteiger partial charge in [0.1, 0.15) is 29.9 Å². The average molecular weight is 735 g/mol. The van der Waals surface area contributed by atoms with Crippen LogP contribution >= 0.6 is 23.5 Å². The summed E-state index contributed by atoms with van der Waals surface area (Å²) in [6.45, 7) is 20.3. The Morgan fingerprint density at radius 3 is 1.89 bits per heavy atom. The lowest BCUT2D eigenvalue weighted by molar-refractivity contribution is -0.195. The first-order valence-corrected chi connectivity index (χ1v) is 27.7. The molecule has 7 atom stereocenters. The maximum Gasteiger partial charge on any atom is 0.471 e. The number of rotatable bonds is 13. The van der Waals surface area contributed by atoms with E-state index in [1.54, 1.807) is 12.4 Å². The maximum atomic E-state index is 13.8. The highest BCUT2D eigenvalue weighted by atomic mass is 32.2. The molecule has 0 spiro atoms. The molecular formula is C31H49F3N2O5S2Si3. The zero-order valence-electron chi connectivity index (χ0n) is 28.6. The van der Waals surface area contributed by atoms with Gasteiger partial charge < -0.3 is 23.3 Å². The molecule has 2 unspecified atom stereocenters. The molecule has 0 saturated carbocycles. The molecule has 1 aliphatic heterocycles. The molecule has 7 nitrogen and oxygen atoms in total. The largest absolute Gasteiger partial charge is 0.471 e. The minimum Gasteiger partial charge on any atom is -0.409 e. The number of carbonyl (C=O) groups excluding carboxylic acids is 1. The summed E-state index contributed by atoms with van der Waals surface area (Å²) in [5.74, 6) is -2.02. The Labute approximate surface area is 283 Å². The number of ether oxygens (including phenoxy) is 1. The van der Waals surface area contributed by atoms with E-state index < -0.39 is 78.2 Å². The first-order chi connectivity index (χ1) is 21.1. The zero-order chi connectivity index (χ0) is 34.7. The van der Waals surface area contributed by atoms with Crippen molar-refractivity contribution in [3.63, 3.8) is 0 Å². The number of halogens is 3. The number of amides is 1. The van der Waals surface area contributed by atoms with Crippen LogP contribution in [0.3, 0.4) is 0 Å². The van der Waals surface area contributed by atoms with Crippen molar-refractivity contribution in [1.29, 1.82) is 0 Å². The van der Waals surface area contributed by atoms with Gasteiger partial charge in [-0.2, -0.15) is 13.2 Å². The number of hydrogen-bond donors (Lipinski definition) is 1. The Bertz CT molecular complexity index is 1280. The normalized spacial score (nSPS) is 24.3. The number of thioether (sulfide) groups is 2. The number of benzene rings is 1. The lowest BCUT2D eigenvalue weighted by atomic mass is 9.93. The molecule has 1 aliphatic rings. The van der Waals surface area contributed by atoms with Gasteiger partial charge in [0.15, 0.2) is 25.0 Å². The molecule has 0 aliphatic carbocycles. The van der Waals surface area contributed by atoms with Crippen LogP contribution in [-0.2, 0) is 22.8 Å². The van der Waals surface area contributed by atoms with Gasteiger partial charge in [0.25, 0.3) is 0 Å². The van der Waals surface area contributed by atoms with Gasteiger partial charge >= 0.3 is 12.1 Å². The first kappa shape index (κ1) is 39.3. The summed E-state index contributed by atoms with van der Waals surface area (Å²) in [5.41, 5.74) is 1.37. The Morgan fingerprint density at radius 2 is 1.41 bits per heavy atom. The number of aromatic nitrogens is 1. The maximum absolute atomic E-state index is 13.8. The lowest BCUT2D eigenvalue weighted by Gasteiger charge is -2.52. The molecule has 1 fully saturated rings. The zero-order valence-corrected chi connectivity index (χ0v) is 33.2. The van der Waals surface area contributed by atoms with Gasteiger partial charge in [-0.15, -0.1) is 23.5 Å². The van der Waals surface area contributed by atoms with Crippen molar-refractivity contribution in [3.05, 3.63) is 48.8 Å². The van der Waals surface area contributed by atoms with E-state index in [-0.39, 0.29) is 0 Å². The van der Waals surface area contributed by atoms with E-state index in [9.17, 15) is 18.0 Å². The standard InChI is InChI=1S/C31H49F3N2O5S2Si3/c1-20(43-23-16-14-21(15-17-23)22-13-12-18-35-19-22)24(36-30(37)31(32,33)34)25-26(39-44(3,4)5)27(40-45(6,7)8)28(29(38-25)42-2)41-46(9,10)11/h12-20,24-29H,1-11H3,(H,36,37)/t20-,24+,25+,26?,27+,28+,29?/m0/s1. The third-order valence-electron chi connectivity index (χ3n) is 6.82. The van der Waals surface area contributed by atoms with Crippen molar-refractivity contribution in [2.75, 3.05) is 6.26 Å². The van der Waals surface area contributed by atoms with Gasteiger partial charge in [0, 0.05) is 22.5 Å². The summed E-state index contributed by atoms with van der Waals surface area (Å²) in [7, 11) is -6.72. The fourth-order valence-electron chi connectivity index (χ4n) is 5.18. The van der Waals surface area contributed by atoms with Crippen molar-refractivity contribution in [1.82, 2.24) is 10.3 Å². The fourth-order valence-corrected chi connectivity index (χ4v) is 10.3. The summed E-state index contributed by atoms with van der Waals surface area (Å²) >= 11 is 2.80. The molecule has 2 aromatic rings. The van der Waals surface area contributed by atoms with Crippen LogP contribution in [0.4, 0.5) is 13.2 Å². The quantitative estimate of drug-likeness (QED) is 0.164. The second-order valence-electron chi connectivity index (χ2n) is 14.4. The van der Waals surface area contributed by atoms with E-state index >= 15 is 0 Å². The van der Waals surface area contributed by atoms with Gasteiger partial charge in [-0.1, -0.05) is 25.1 Å². The Morgan fingerprint density at radius 1 is 0.870 bits per heavy atom. The van der Waals surface area contributed by atoms with Gasteiger partial charge in [-0.25, -0.2) is 0 Å². The highest BCUT2D eigenvalue weighted by Gasteiger charge is 2.55. The van der Waals surface area contributed by atoms with Crippen LogP contribution in [0.25, 0.3) is 11.1 Å². The van der Waals surface area contributed by atoms with Crippen LogP contribution in [0.5, 0.6) is 0 Å². The van der Waals surface area contributed by atoms with E-state index in [4.69, 9.17) is 18.0 Å². The molecule has 0 radical (unpaired) electrons. The molecule has 1 aromatic carbocycles. The molecule has 1 amide bonds. The third-order valence-corrected chi connectivity index (χ3v) is 11.8. The van der Waals surface area contributed by atoms with Crippen LogP contribution < -0.4 is 5.32 Å². The lowest BCUT2D eigenvalue weighted by Crippen LogP contribution is -2.69. The van der Waals surface area contributed by atoms with Crippen LogP contribution in [0.2, 0.25) is 58.9 Å². The third kappa shape index (κ3) is 11.8. The van der Waals surface area contributed by atoms with Gasteiger partial charge in [-0.05, 0) is 94.5 Å². The predicted octanol–water partition coefficient (Wildman–Crippen LogP) is 8.02. The van der Waals surface area contributed by atoms with Gasteiger partial charge in [0.05, 0.1) is 6.04 Å². The molecule has 3 rings (SSSR count). The topological polar surface area (TPSA) is 78.9 Å². The van der Waals surface area contributed by atoms with Crippen LogP contribution in [0.15, 0.2) is 53.7 Å². The minimum atomic E-state index is -5.07. The predicted molar refractivity (Wildman–Crippen MR) is 190 cm³/mol. The van der Waals surface area contributed by atoms with Crippen molar-refractivity contribution >= 4 is 54.4 Å². The number of hydrogen-bond acceptors (Lipinski definition) is 8. The van der Waals surface area contributed by atoms with Crippen molar-refractivity contribution < 1.29 is 36.0 Å². The molecule has 1 saturated heterocycles. The van der Waals surface area contributed by atoms with E-state index in [0.717, 1.165) is 16.0 Å². The molecule has 1 aromatic heterocycles. The fraction of sp³-hybridized carbons (Fsp3) is 0.613. The summed E-state index contributed by atoms with van der Waals surface area (Å²) in [6, 6.07) is 10.5. The van der Waals surface area contributed by atoms with Crippen LogP contribution in [0, 0.1) is 0 Å². The minimum absolute atomic E-state index is 0.507. The molecule has 0 bridgehead atoms. The number of carbonyl (C=O) groups is 1. The molecule has 46 heavy (non-hydrogen) atoms. The number of alkyl halides is 3. The first-order valence-electron chi connectivity index (χ1n) is 15.3. The molecule has 2 heterocycles. The van der Waals surface area contributed by atoms with E-state index in [1.165, 1.54) is 23.5 Å².